The zero-order chi connectivity index (χ0) is 16.4. The maximum atomic E-state index is 10.9. The molecule has 2 heterocycles. The minimum absolute atomic E-state index is 0.399. The lowest BCUT2D eigenvalue weighted by atomic mass is 9.98. The van der Waals surface area contributed by atoms with Crippen molar-refractivity contribution in [3.8, 4) is 0 Å². The number of carbonyl (C=O) groups is 1. The Balaban J connectivity index is 1.81. The Morgan fingerprint density at radius 3 is 2.83 bits per heavy atom. The van der Waals surface area contributed by atoms with Gasteiger partial charge < -0.3 is 15.7 Å². The van der Waals surface area contributed by atoms with Crippen molar-refractivity contribution < 1.29 is 9.90 Å². The number of aliphatic hydroxyl groups is 1. The third-order valence-corrected chi connectivity index (χ3v) is 4.62. The van der Waals surface area contributed by atoms with Gasteiger partial charge in [0.15, 0.2) is 6.29 Å². The quantitative estimate of drug-likeness (QED) is 0.839. The average molecular weight is 332 g/mol. The summed E-state index contributed by atoms with van der Waals surface area (Å²) in [4.78, 5) is 17.0. The molecule has 3 N–H and O–H groups in total. The molecule has 3 rings (SSSR count). The first-order valence-corrected chi connectivity index (χ1v) is 7.81. The number of pyridine rings is 1. The first kappa shape index (κ1) is 15.9. The third kappa shape index (κ3) is 3.08. The van der Waals surface area contributed by atoms with Crippen LogP contribution in [0.5, 0.6) is 0 Å². The second-order valence-electron chi connectivity index (χ2n) is 5.78. The van der Waals surface area contributed by atoms with Crippen LogP contribution in [0.4, 0.5) is 5.69 Å². The topological polar surface area (TPSA) is 79.5 Å². The largest absolute Gasteiger partial charge is 0.382 e. The predicted octanol–water partition coefficient (Wildman–Crippen LogP) is 2.10. The van der Waals surface area contributed by atoms with Gasteiger partial charge in [0.2, 0.25) is 0 Å². The molecule has 0 aliphatic carbocycles. The van der Waals surface area contributed by atoms with Crippen LogP contribution in [0.25, 0.3) is 0 Å². The maximum absolute atomic E-state index is 10.9. The summed E-state index contributed by atoms with van der Waals surface area (Å²) in [5.41, 5.74) is 7.52. The van der Waals surface area contributed by atoms with Crippen LogP contribution in [0.15, 0.2) is 36.5 Å². The van der Waals surface area contributed by atoms with E-state index in [2.05, 4.69) is 9.88 Å². The van der Waals surface area contributed by atoms with E-state index < -0.39 is 5.60 Å². The molecule has 1 fully saturated rings. The van der Waals surface area contributed by atoms with Crippen LogP contribution < -0.4 is 10.6 Å². The van der Waals surface area contributed by atoms with E-state index >= 15 is 0 Å². The summed E-state index contributed by atoms with van der Waals surface area (Å²) in [6.45, 7) is 1.53. The van der Waals surface area contributed by atoms with Gasteiger partial charge in [0.25, 0.3) is 0 Å². The van der Waals surface area contributed by atoms with Gasteiger partial charge >= 0.3 is 0 Å². The Hall–Kier alpha value is -1.95. The molecule has 1 aromatic carbocycles. The molecule has 1 atom stereocenters. The van der Waals surface area contributed by atoms with Gasteiger partial charge in [0, 0.05) is 42.0 Å². The number of aromatic nitrogens is 1. The molecule has 0 radical (unpaired) electrons. The lowest BCUT2D eigenvalue weighted by molar-refractivity contribution is 0.0560. The standard InChI is InChI=1S/C17H18ClN3O2/c18-15-7-14(3-2-13(15)8-19)21-6-5-17(23,11-21)16-4-1-12(10-22)9-20-16/h1-4,7,9-10,23H,5-6,8,11,19H2/t17-/m0/s1. The Bertz CT molecular complexity index is 720. The number of carbonyl (C=O) groups excluding carboxylic acids is 1. The minimum Gasteiger partial charge on any atom is -0.382 e. The summed E-state index contributed by atoms with van der Waals surface area (Å²) >= 11 is 6.21. The molecular formula is C17H18ClN3O2. The third-order valence-electron chi connectivity index (χ3n) is 4.27. The highest BCUT2D eigenvalue weighted by Gasteiger charge is 2.39. The lowest BCUT2D eigenvalue weighted by Crippen LogP contribution is -2.31. The number of hydrogen-bond acceptors (Lipinski definition) is 5. The van der Waals surface area contributed by atoms with Crippen LogP contribution in [-0.2, 0) is 12.1 Å². The molecule has 1 aromatic heterocycles. The Morgan fingerprint density at radius 1 is 1.39 bits per heavy atom. The summed E-state index contributed by atoms with van der Waals surface area (Å²) in [5.74, 6) is 0. The van der Waals surface area contributed by atoms with Crippen LogP contribution in [0, 0.1) is 0 Å². The summed E-state index contributed by atoms with van der Waals surface area (Å²) in [7, 11) is 0. The fourth-order valence-electron chi connectivity index (χ4n) is 2.87. The van der Waals surface area contributed by atoms with Crippen molar-refractivity contribution >= 4 is 23.6 Å². The monoisotopic (exact) mass is 331 g/mol. The molecule has 0 bridgehead atoms. The number of nitrogens with zero attached hydrogens (tertiary/aromatic N) is 2. The number of anilines is 1. The van der Waals surface area contributed by atoms with Crippen molar-refractivity contribution in [1.82, 2.24) is 4.98 Å². The average Bonchev–Trinajstić information content (AvgIpc) is 2.98. The number of halogens is 1. The van der Waals surface area contributed by atoms with E-state index in [1.165, 1.54) is 6.20 Å². The number of aldehydes is 1. The van der Waals surface area contributed by atoms with Gasteiger partial charge in [-0.15, -0.1) is 0 Å². The van der Waals surface area contributed by atoms with Crippen LogP contribution in [0.3, 0.4) is 0 Å². The van der Waals surface area contributed by atoms with Gasteiger partial charge in [-0.25, -0.2) is 0 Å². The number of nitrogens with two attached hydrogens (primary N) is 1. The van der Waals surface area contributed by atoms with Gasteiger partial charge in [-0.05, 0) is 29.8 Å². The molecule has 0 saturated carbocycles. The SMILES string of the molecule is NCc1ccc(N2CC[C@@](O)(c3ccc(C=O)cn3)C2)cc1Cl. The first-order valence-electron chi connectivity index (χ1n) is 7.43. The van der Waals surface area contributed by atoms with Gasteiger partial charge in [0.05, 0.1) is 12.2 Å². The molecule has 6 heteroatoms. The number of rotatable bonds is 4. The fraction of sp³-hybridized carbons (Fsp3) is 0.294. The number of β-amino-alcohol motifs (C(OH)–C–C–N with tert-alkyl or cyclic N) is 1. The summed E-state index contributed by atoms with van der Waals surface area (Å²) in [6.07, 6.45) is 2.79. The molecule has 0 amide bonds. The van der Waals surface area contributed by atoms with Crippen LogP contribution >= 0.6 is 11.6 Å². The molecule has 0 spiro atoms. The number of benzene rings is 1. The number of hydrogen-bond donors (Lipinski definition) is 2. The molecule has 5 nitrogen and oxygen atoms in total. The summed E-state index contributed by atoms with van der Waals surface area (Å²) in [6, 6.07) is 9.12. The second kappa shape index (κ2) is 6.28. The molecule has 120 valence electrons. The van der Waals surface area contributed by atoms with Crippen molar-refractivity contribution in [2.75, 3.05) is 18.0 Å². The highest BCUT2D eigenvalue weighted by Crippen LogP contribution is 2.35. The van der Waals surface area contributed by atoms with Crippen molar-refractivity contribution in [2.45, 2.75) is 18.6 Å². The Labute approximate surface area is 139 Å². The molecular weight excluding hydrogens is 314 g/mol. The van der Waals surface area contributed by atoms with E-state index in [1.54, 1.807) is 12.1 Å². The first-order chi connectivity index (χ1) is 11.1. The molecule has 1 aliphatic rings. The highest BCUT2D eigenvalue weighted by atomic mass is 35.5. The van der Waals surface area contributed by atoms with Crippen molar-refractivity contribution in [3.63, 3.8) is 0 Å². The van der Waals surface area contributed by atoms with E-state index in [0.717, 1.165) is 17.5 Å². The normalized spacial score (nSPS) is 20.7. The minimum atomic E-state index is -1.03. The van der Waals surface area contributed by atoms with Gasteiger partial charge in [-0.3, -0.25) is 9.78 Å². The smallest absolute Gasteiger partial charge is 0.151 e. The zero-order valence-electron chi connectivity index (χ0n) is 12.6. The fourth-order valence-corrected chi connectivity index (χ4v) is 3.12. The van der Waals surface area contributed by atoms with Gasteiger partial charge in [-0.1, -0.05) is 17.7 Å². The van der Waals surface area contributed by atoms with E-state index in [0.29, 0.717) is 42.3 Å². The predicted molar refractivity (Wildman–Crippen MR) is 89.7 cm³/mol. The van der Waals surface area contributed by atoms with E-state index in [1.807, 2.05) is 18.2 Å². The molecule has 23 heavy (non-hydrogen) atoms. The van der Waals surface area contributed by atoms with Crippen molar-refractivity contribution in [2.24, 2.45) is 5.73 Å². The van der Waals surface area contributed by atoms with Crippen molar-refractivity contribution in [1.29, 1.82) is 0 Å². The molecule has 1 saturated heterocycles. The van der Waals surface area contributed by atoms with E-state index in [4.69, 9.17) is 17.3 Å². The van der Waals surface area contributed by atoms with Crippen LogP contribution in [-0.4, -0.2) is 29.5 Å². The van der Waals surface area contributed by atoms with Gasteiger partial charge in [-0.2, -0.15) is 0 Å². The summed E-state index contributed by atoms with van der Waals surface area (Å²) < 4.78 is 0. The zero-order valence-corrected chi connectivity index (χ0v) is 13.3. The molecule has 1 aliphatic heterocycles. The van der Waals surface area contributed by atoms with E-state index in [9.17, 15) is 9.90 Å². The second-order valence-corrected chi connectivity index (χ2v) is 6.18. The van der Waals surface area contributed by atoms with Gasteiger partial charge in [0.1, 0.15) is 5.60 Å². The lowest BCUT2D eigenvalue weighted by Gasteiger charge is -2.24. The Morgan fingerprint density at radius 2 is 2.22 bits per heavy atom. The Kier molecular flexibility index (Phi) is 4.35. The summed E-state index contributed by atoms with van der Waals surface area (Å²) in [5, 5.41) is 11.5. The van der Waals surface area contributed by atoms with Crippen LogP contribution in [0.2, 0.25) is 5.02 Å². The molecule has 2 aromatic rings. The molecule has 0 unspecified atom stereocenters. The van der Waals surface area contributed by atoms with Crippen LogP contribution in [0.1, 0.15) is 28.0 Å². The van der Waals surface area contributed by atoms with E-state index in [-0.39, 0.29) is 0 Å². The van der Waals surface area contributed by atoms with Crippen molar-refractivity contribution in [3.05, 3.63) is 58.4 Å². The highest BCUT2D eigenvalue weighted by molar-refractivity contribution is 6.31. The maximum Gasteiger partial charge on any atom is 0.151 e.